The van der Waals surface area contributed by atoms with Crippen molar-refractivity contribution in [2.75, 3.05) is 0 Å². The molecule has 1 aromatic heterocycles. The first-order valence-corrected chi connectivity index (χ1v) is 10.1. The van der Waals surface area contributed by atoms with Gasteiger partial charge in [-0.2, -0.15) is 0 Å². The highest BCUT2D eigenvalue weighted by molar-refractivity contribution is 5.80. The molecular weight excluding hydrogens is 340 g/mol. The third-order valence-corrected chi connectivity index (χ3v) is 5.65. The van der Waals surface area contributed by atoms with E-state index in [0.717, 1.165) is 17.9 Å². The lowest BCUT2D eigenvalue weighted by molar-refractivity contribution is 0.820. The van der Waals surface area contributed by atoms with Crippen molar-refractivity contribution < 1.29 is 0 Å². The number of para-hydroxylation sites is 2. The molecule has 0 saturated heterocycles. The van der Waals surface area contributed by atoms with E-state index in [-0.39, 0.29) is 0 Å². The predicted molar refractivity (Wildman–Crippen MR) is 119 cm³/mol. The summed E-state index contributed by atoms with van der Waals surface area (Å²) in [5.41, 5.74) is 10.2. The van der Waals surface area contributed by atoms with Crippen LogP contribution in [0.2, 0.25) is 0 Å². The number of aryl methyl sites for hydroxylation is 3. The Balaban J connectivity index is 1.87. The maximum atomic E-state index is 4.99. The molecule has 2 nitrogen and oxygen atoms in total. The number of hydrogen-bond donors (Lipinski definition) is 0. The van der Waals surface area contributed by atoms with E-state index in [2.05, 4.69) is 99.8 Å². The van der Waals surface area contributed by atoms with Gasteiger partial charge in [0.1, 0.15) is 5.82 Å². The Morgan fingerprint density at radius 3 is 2.14 bits per heavy atom. The summed E-state index contributed by atoms with van der Waals surface area (Å²) in [6.45, 7) is 11.9. The zero-order chi connectivity index (χ0) is 19.8. The van der Waals surface area contributed by atoms with Gasteiger partial charge in [-0.15, -0.1) is 0 Å². The summed E-state index contributed by atoms with van der Waals surface area (Å²) >= 11 is 0. The monoisotopic (exact) mass is 368 g/mol. The molecular formula is C26H28N2. The van der Waals surface area contributed by atoms with Crippen molar-refractivity contribution in [3.05, 3.63) is 88.5 Å². The minimum absolute atomic E-state index is 0.533. The van der Waals surface area contributed by atoms with Crippen molar-refractivity contribution in [2.45, 2.75) is 47.1 Å². The topological polar surface area (TPSA) is 17.8 Å². The molecule has 0 aliphatic carbocycles. The van der Waals surface area contributed by atoms with Gasteiger partial charge < -0.3 is 4.57 Å². The second-order valence-corrected chi connectivity index (χ2v) is 8.16. The fourth-order valence-corrected chi connectivity index (χ4v) is 4.09. The van der Waals surface area contributed by atoms with E-state index in [0.29, 0.717) is 5.92 Å². The van der Waals surface area contributed by atoms with E-state index < -0.39 is 0 Å². The highest BCUT2D eigenvalue weighted by atomic mass is 15.1. The summed E-state index contributed by atoms with van der Waals surface area (Å²) in [4.78, 5) is 4.99. The molecule has 0 radical (unpaired) electrons. The van der Waals surface area contributed by atoms with E-state index in [1.165, 1.54) is 38.9 Å². The average molecular weight is 369 g/mol. The van der Waals surface area contributed by atoms with Gasteiger partial charge in [0, 0.05) is 5.56 Å². The van der Waals surface area contributed by atoms with Crippen LogP contribution in [-0.4, -0.2) is 9.55 Å². The Bertz CT molecular complexity index is 1110. The number of imidazole rings is 1. The fourth-order valence-electron chi connectivity index (χ4n) is 4.09. The largest absolute Gasteiger partial charge is 0.319 e. The van der Waals surface area contributed by atoms with E-state index in [1.54, 1.807) is 0 Å². The lowest BCUT2D eigenvalue weighted by atomic mass is 9.99. The van der Waals surface area contributed by atoms with Gasteiger partial charge in [0.05, 0.1) is 17.6 Å². The second-order valence-electron chi connectivity index (χ2n) is 8.16. The van der Waals surface area contributed by atoms with Crippen LogP contribution < -0.4 is 0 Å². The van der Waals surface area contributed by atoms with Crippen LogP contribution >= 0.6 is 0 Å². The van der Waals surface area contributed by atoms with Gasteiger partial charge in [0.25, 0.3) is 0 Å². The van der Waals surface area contributed by atoms with E-state index in [4.69, 9.17) is 4.98 Å². The zero-order valence-corrected chi connectivity index (χ0v) is 17.5. The van der Waals surface area contributed by atoms with E-state index >= 15 is 0 Å². The van der Waals surface area contributed by atoms with E-state index in [1.807, 2.05) is 0 Å². The Kier molecular flexibility index (Phi) is 4.80. The van der Waals surface area contributed by atoms with Crippen molar-refractivity contribution in [1.29, 1.82) is 0 Å². The number of nitrogens with zero attached hydrogens (tertiary/aromatic N) is 2. The first-order chi connectivity index (χ1) is 13.4. The van der Waals surface area contributed by atoms with Crippen molar-refractivity contribution >= 4 is 11.0 Å². The molecule has 142 valence electrons. The van der Waals surface area contributed by atoms with Crippen LogP contribution in [0.25, 0.3) is 22.4 Å². The smallest absolute Gasteiger partial charge is 0.141 e. The Morgan fingerprint density at radius 1 is 0.857 bits per heavy atom. The summed E-state index contributed by atoms with van der Waals surface area (Å²) < 4.78 is 2.37. The molecule has 0 aliphatic rings. The van der Waals surface area contributed by atoms with Gasteiger partial charge in [-0.1, -0.05) is 67.9 Å². The van der Waals surface area contributed by atoms with Gasteiger partial charge >= 0.3 is 0 Å². The molecule has 0 saturated carbocycles. The molecule has 28 heavy (non-hydrogen) atoms. The highest BCUT2D eigenvalue weighted by Gasteiger charge is 2.15. The lowest BCUT2D eigenvalue weighted by Crippen LogP contribution is -2.06. The van der Waals surface area contributed by atoms with Crippen LogP contribution in [0.15, 0.2) is 60.7 Å². The standard InChI is InChI=1S/C26H28N2/c1-17(2)21-10-12-22(13-11-21)26-27-24-8-6-7-9-25(24)28(26)16-23-19(4)14-18(3)15-20(23)5/h6-15,17H,16H2,1-5H3. The van der Waals surface area contributed by atoms with Crippen molar-refractivity contribution in [3.63, 3.8) is 0 Å². The number of hydrogen-bond acceptors (Lipinski definition) is 1. The third-order valence-electron chi connectivity index (χ3n) is 5.65. The van der Waals surface area contributed by atoms with Crippen molar-refractivity contribution in [1.82, 2.24) is 9.55 Å². The van der Waals surface area contributed by atoms with Gasteiger partial charge in [0.2, 0.25) is 0 Å². The molecule has 0 aliphatic heterocycles. The fraction of sp³-hybridized carbons (Fsp3) is 0.269. The summed E-state index contributed by atoms with van der Waals surface area (Å²) in [6, 6.07) is 21.9. The Hall–Kier alpha value is -2.87. The second kappa shape index (κ2) is 7.27. The van der Waals surface area contributed by atoms with Crippen LogP contribution in [0, 0.1) is 20.8 Å². The van der Waals surface area contributed by atoms with Gasteiger partial charge in [0.15, 0.2) is 0 Å². The average Bonchev–Trinajstić information content (AvgIpc) is 3.03. The zero-order valence-electron chi connectivity index (χ0n) is 17.5. The minimum Gasteiger partial charge on any atom is -0.319 e. The van der Waals surface area contributed by atoms with Crippen LogP contribution in [-0.2, 0) is 6.54 Å². The minimum atomic E-state index is 0.533. The summed E-state index contributed by atoms with van der Waals surface area (Å²) in [6.07, 6.45) is 0. The van der Waals surface area contributed by atoms with Crippen LogP contribution in [0.3, 0.4) is 0 Å². The third kappa shape index (κ3) is 3.35. The summed E-state index contributed by atoms with van der Waals surface area (Å²) in [5.74, 6) is 1.57. The van der Waals surface area contributed by atoms with Crippen LogP contribution in [0.1, 0.15) is 47.6 Å². The number of benzene rings is 3. The lowest BCUT2D eigenvalue weighted by Gasteiger charge is -2.15. The molecule has 0 bridgehead atoms. The SMILES string of the molecule is Cc1cc(C)c(Cn2c(-c3ccc(C(C)C)cc3)nc3ccccc32)c(C)c1. The quantitative estimate of drug-likeness (QED) is 0.387. The summed E-state index contributed by atoms with van der Waals surface area (Å²) in [5, 5.41) is 0. The van der Waals surface area contributed by atoms with Crippen molar-refractivity contribution in [2.24, 2.45) is 0 Å². The summed E-state index contributed by atoms with van der Waals surface area (Å²) in [7, 11) is 0. The van der Waals surface area contributed by atoms with Crippen LogP contribution in [0.5, 0.6) is 0 Å². The highest BCUT2D eigenvalue weighted by Crippen LogP contribution is 2.29. The normalized spacial score (nSPS) is 11.5. The molecule has 0 amide bonds. The Labute approximate surface area is 167 Å². The van der Waals surface area contributed by atoms with Gasteiger partial charge in [-0.05, 0) is 61.1 Å². The molecule has 0 spiro atoms. The molecule has 0 unspecified atom stereocenters. The maximum absolute atomic E-state index is 4.99. The van der Waals surface area contributed by atoms with E-state index in [9.17, 15) is 0 Å². The predicted octanol–water partition coefficient (Wildman–Crippen LogP) is 6.80. The number of rotatable bonds is 4. The number of aromatic nitrogens is 2. The first kappa shape index (κ1) is 18.5. The molecule has 4 rings (SSSR count). The molecule has 0 N–H and O–H groups in total. The molecule has 0 atom stereocenters. The molecule has 2 heteroatoms. The van der Waals surface area contributed by atoms with Gasteiger partial charge in [-0.25, -0.2) is 4.98 Å². The molecule has 1 heterocycles. The number of fused-ring (bicyclic) bond motifs is 1. The molecule has 4 aromatic rings. The first-order valence-electron chi connectivity index (χ1n) is 10.1. The molecule has 3 aromatic carbocycles. The Morgan fingerprint density at radius 2 is 1.50 bits per heavy atom. The van der Waals surface area contributed by atoms with Gasteiger partial charge in [-0.3, -0.25) is 0 Å². The van der Waals surface area contributed by atoms with Crippen LogP contribution in [0.4, 0.5) is 0 Å². The van der Waals surface area contributed by atoms with Crippen molar-refractivity contribution in [3.8, 4) is 11.4 Å². The molecule has 0 fully saturated rings. The maximum Gasteiger partial charge on any atom is 0.141 e.